The molecular formula is C12H18N2O3. The summed E-state index contributed by atoms with van der Waals surface area (Å²) in [6.45, 7) is 0.851. The van der Waals surface area contributed by atoms with Crippen LogP contribution in [0.3, 0.4) is 0 Å². The number of nitrogens with zero attached hydrogens (tertiary/aromatic N) is 2. The Bertz CT molecular complexity index is 339. The second-order valence-electron chi connectivity index (χ2n) is 4.93. The van der Waals surface area contributed by atoms with Gasteiger partial charge in [-0.3, -0.25) is 0 Å². The Kier molecular flexibility index (Phi) is 3.53. The molecule has 0 unspecified atom stereocenters. The largest absolute Gasteiger partial charge is 0.453 e. The van der Waals surface area contributed by atoms with Crippen LogP contribution in [0.5, 0.6) is 0 Å². The van der Waals surface area contributed by atoms with Crippen molar-refractivity contribution >= 4 is 6.09 Å². The number of amides is 1. The van der Waals surface area contributed by atoms with Gasteiger partial charge in [-0.15, -0.1) is 0 Å². The number of rotatable bonds is 2. The highest BCUT2D eigenvalue weighted by Crippen LogP contribution is 2.43. The summed E-state index contributed by atoms with van der Waals surface area (Å²) >= 11 is 0. The SMILES string of the molecule is COC(=O)N1C[C@@H]2C[C@@H](C#N)[C@H]1C[C@H]2CCO. The number of hydrogen-bond donors (Lipinski definition) is 1. The number of nitriles is 1. The van der Waals surface area contributed by atoms with Crippen LogP contribution in [-0.4, -0.2) is 42.4 Å². The van der Waals surface area contributed by atoms with Gasteiger partial charge in [-0.25, -0.2) is 4.79 Å². The fourth-order valence-corrected chi connectivity index (χ4v) is 3.28. The molecular weight excluding hydrogens is 220 g/mol. The number of hydrogen-bond acceptors (Lipinski definition) is 4. The minimum absolute atomic E-state index is 0.0333. The Hall–Kier alpha value is -1.28. The molecule has 2 bridgehead atoms. The van der Waals surface area contributed by atoms with Crippen LogP contribution in [0.2, 0.25) is 0 Å². The van der Waals surface area contributed by atoms with E-state index in [2.05, 4.69) is 6.07 Å². The topological polar surface area (TPSA) is 73.6 Å². The van der Waals surface area contributed by atoms with Crippen LogP contribution >= 0.6 is 0 Å². The number of carbonyl (C=O) groups is 1. The molecule has 2 heterocycles. The molecule has 2 saturated heterocycles. The minimum Gasteiger partial charge on any atom is -0.453 e. The van der Waals surface area contributed by atoms with Gasteiger partial charge in [-0.2, -0.15) is 5.26 Å². The minimum atomic E-state index is -0.331. The van der Waals surface area contributed by atoms with Crippen LogP contribution in [-0.2, 0) is 4.74 Å². The Labute approximate surface area is 101 Å². The van der Waals surface area contributed by atoms with E-state index in [1.54, 1.807) is 4.90 Å². The third-order valence-electron chi connectivity index (χ3n) is 4.14. The van der Waals surface area contributed by atoms with Gasteiger partial charge in [0.05, 0.1) is 25.1 Å². The highest BCUT2D eigenvalue weighted by molar-refractivity contribution is 5.68. The quantitative estimate of drug-likeness (QED) is 0.778. The van der Waals surface area contributed by atoms with Crippen molar-refractivity contribution in [3.63, 3.8) is 0 Å². The maximum atomic E-state index is 11.6. The van der Waals surface area contributed by atoms with E-state index in [9.17, 15) is 4.79 Å². The molecule has 0 aromatic carbocycles. The normalized spacial score (nSPS) is 35.5. The lowest BCUT2D eigenvalue weighted by atomic mass is 9.66. The van der Waals surface area contributed by atoms with Crippen molar-refractivity contribution in [2.75, 3.05) is 20.3 Å². The molecule has 3 aliphatic rings. The molecule has 5 heteroatoms. The van der Waals surface area contributed by atoms with Crippen LogP contribution in [0, 0.1) is 29.1 Å². The molecule has 4 atom stereocenters. The third-order valence-corrected chi connectivity index (χ3v) is 4.14. The average molecular weight is 238 g/mol. The standard InChI is InChI=1S/C12H18N2O3/c1-17-12(16)14-7-10-4-9(6-13)11(14)5-8(10)2-3-15/h8-11,15H,2-5,7H2,1H3/t8-,9+,10+,11-/m1/s1. The Balaban J connectivity index is 2.13. The lowest BCUT2D eigenvalue weighted by Gasteiger charge is -2.50. The van der Waals surface area contributed by atoms with Gasteiger partial charge in [0, 0.05) is 13.2 Å². The molecule has 3 rings (SSSR count). The first-order chi connectivity index (χ1) is 8.21. The van der Waals surface area contributed by atoms with Gasteiger partial charge in [0.15, 0.2) is 0 Å². The van der Waals surface area contributed by atoms with Gasteiger partial charge >= 0.3 is 6.09 Å². The van der Waals surface area contributed by atoms with Crippen molar-refractivity contribution in [1.82, 2.24) is 4.90 Å². The summed E-state index contributed by atoms with van der Waals surface area (Å²) in [5, 5.41) is 18.1. The molecule has 0 radical (unpaired) electrons. The van der Waals surface area contributed by atoms with Gasteiger partial charge in [-0.05, 0) is 31.1 Å². The second kappa shape index (κ2) is 4.92. The van der Waals surface area contributed by atoms with Crippen molar-refractivity contribution in [3.05, 3.63) is 0 Å². The first kappa shape index (κ1) is 12.2. The Morgan fingerprint density at radius 3 is 2.88 bits per heavy atom. The van der Waals surface area contributed by atoms with Crippen molar-refractivity contribution < 1.29 is 14.6 Å². The van der Waals surface area contributed by atoms with E-state index in [0.717, 1.165) is 19.3 Å². The van der Waals surface area contributed by atoms with Gasteiger partial charge in [0.2, 0.25) is 0 Å². The molecule has 0 aromatic rings. The van der Waals surface area contributed by atoms with Crippen LogP contribution in [0.25, 0.3) is 0 Å². The van der Waals surface area contributed by atoms with Gasteiger partial charge in [0.1, 0.15) is 0 Å². The van der Waals surface area contributed by atoms with E-state index in [4.69, 9.17) is 15.1 Å². The molecule has 17 heavy (non-hydrogen) atoms. The van der Waals surface area contributed by atoms with E-state index >= 15 is 0 Å². The smallest absolute Gasteiger partial charge is 0.409 e. The van der Waals surface area contributed by atoms with Crippen LogP contribution in [0.1, 0.15) is 19.3 Å². The molecule has 0 spiro atoms. The fraction of sp³-hybridized carbons (Fsp3) is 0.833. The predicted octanol–water partition coefficient (Wildman–Crippen LogP) is 0.985. The fourth-order valence-electron chi connectivity index (χ4n) is 3.28. The predicted molar refractivity (Wildman–Crippen MR) is 59.9 cm³/mol. The molecule has 0 aromatic heterocycles. The first-order valence-electron chi connectivity index (χ1n) is 6.06. The summed E-state index contributed by atoms with van der Waals surface area (Å²) in [6, 6.07) is 2.26. The zero-order chi connectivity index (χ0) is 12.4. The van der Waals surface area contributed by atoms with Crippen LogP contribution in [0.4, 0.5) is 4.79 Å². The number of ether oxygens (including phenoxy) is 1. The summed E-state index contributed by atoms with van der Waals surface area (Å²) in [5.74, 6) is 0.689. The zero-order valence-corrected chi connectivity index (χ0v) is 10.0. The maximum Gasteiger partial charge on any atom is 0.409 e. The average Bonchev–Trinajstić information content (AvgIpc) is 2.38. The molecule has 1 saturated carbocycles. The van der Waals surface area contributed by atoms with Gasteiger partial charge < -0.3 is 14.7 Å². The highest BCUT2D eigenvalue weighted by atomic mass is 16.5. The number of aliphatic hydroxyl groups is 1. The van der Waals surface area contributed by atoms with Crippen molar-refractivity contribution in [3.8, 4) is 6.07 Å². The zero-order valence-electron chi connectivity index (χ0n) is 10.0. The van der Waals surface area contributed by atoms with Crippen LogP contribution < -0.4 is 0 Å². The van der Waals surface area contributed by atoms with E-state index in [-0.39, 0.29) is 24.7 Å². The van der Waals surface area contributed by atoms with E-state index in [1.807, 2.05) is 0 Å². The van der Waals surface area contributed by atoms with Crippen molar-refractivity contribution in [2.24, 2.45) is 17.8 Å². The second-order valence-corrected chi connectivity index (χ2v) is 4.93. The lowest BCUT2D eigenvalue weighted by Crippen LogP contribution is -2.58. The Morgan fingerprint density at radius 2 is 2.35 bits per heavy atom. The molecule has 1 aliphatic carbocycles. The first-order valence-corrected chi connectivity index (χ1v) is 6.06. The number of fused-ring (bicyclic) bond motifs is 3. The summed E-state index contributed by atoms with van der Waals surface area (Å²) in [6.07, 6.45) is 2.11. The number of aliphatic hydroxyl groups excluding tert-OH is 1. The van der Waals surface area contributed by atoms with E-state index < -0.39 is 0 Å². The molecule has 5 nitrogen and oxygen atoms in total. The third kappa shape index (κ3) is 2.09. The maximum absolute atomic E-state index is 11.6. The van der Waals surface area contributed by atoms with Gasteiger partial charge in [-0.1, -0.05) is 0 Å². The van der Waals surface area contributed by atoms with Crippen molar-refractivity contribution in [2.45, 2.75) is 25.3 Å². The van der Waals surface area contributed by atoms with E-state index in [1.165, 1.54) is 7.11 Å². The van der Waals surface area contributed by atoms with E-state index in [0.29, 0.717) is 18.4 Å². The molecule has 94 valence electrons. The summed E-state index contributed by atoms with van der Waals surface area (Å²) in [7, 11) is 1.37. The molecule has 3 fully saturated rings. The van der Waals surface area contributed by atoms with Crippen molar-refractivity contribution in [1.29, 1.82) is 5.26 Å². The molecule has 2 aliphatic heterocycles. The lowest BCUT2D eigenvalue weighted by molar-refractivity contribution is -0.0198. The number of carbonyl (C=O) groups excluding carboxylic acids is 1. The summed E-state index contributed by atoms with van der Waals surface area (Å²) < 4.78 is 4.76. The number of piperidine rings is 2. The van der Waals surface area contributed by atoms with Gasteiger partial charge in [0.25, 0.3) is 0 Å². The molecule has 1 N–H and O–H groups in total. The monoisotopic (exact) mass is 238 g/mol. The summed E-state index contributed by atoms with van der Waals surface area (Å²) in [5.41, 5.74) is 0. The highest BCUT2D eigenvalue weighted by Gasteiger charge is 2.47. The number of methoxy groups -OCH3 is 1. The molecule has 1 amide bonds. The summed E-state index contributed by atoms with van der Waals surface area (Å²) in [4.78, 5) is 13.3. The Morgan fingerprint density at radius 1 is 1.59 bits per heavy atom. The van der Waals surface area contributed by atoms with Crippen LogP contribution in [0.15, 0.2) is 0 Å².